The fourth-order valence-corrected chi connectivity index (χ4v) is 3.92. The highest BCUT2D eigenvalue weighted by molar-refractivity contribution is 5.94. The van der Waals surface area contributed by atoms with Crippen LogP contribution in [0.1, 0.15) is 39.0 Å². The number of nitrogens with one attached hydrogen (secondary N) is 1. The number of hydrogen-bond donors (Lipinski definition) is 1. The third-order valence-electron chi connectivity index (χ3n) is 6.05. The normalized spacial score (nSPS) is 15.0. The monoisotopic (exact) mass is 465 g/mol. The summed E-state index contributed by atoms with van der Waals surface area (Å²) in [6.45, 7) is 7.93. The van der Waals surface area contributed by atoms with Gasteiger partial charge in [0.1, 0.15) is 23.9 Å². The molecule has 0 bridgehead atoms. The van der Waals surface area contributed by atoms with Crippen molar-refractivity contribution >= 4 is 5.91 Å². The third-order valence-corrected chi connectivity index (χ3v) is 6.05. The maximum absolute atomic E-state index is 13.1. The van der Waals surface area contributed by atoms with Crippen molar-refractivity contribution in [1.82, 2.24) is 15.4 Å². The van der Waals surface area contributed by atoms with Gasteiger partial charge in [-0.1, -0.05) is 17.3 Å². The summed E-state index contributed by atoms with van der Waals surface area (Å²) in [5.41, 5.74) is 3.36. The molecule has 1 fully saturated rings. The summed E-state index contributed by atoms with van der Waals surface area (Å²) in [6, 6.07) is 14.8. The first-order chi connectivity index (χ1) is 16.5. The average Bonchev–Trinajstić information content (AvgIpc) is 3.20. The molecule has 2 aromatic carbocycles. The van der Waals surface area contributed by atoms with Crippen LogP contribution in [0.25, 0.3) is 0 Å². The first kappa shape index (κ1) is 23.8. The Hall–Kier alpha value is -3.36. The van der Waals surface area contributed by atoms with Gasteiger partial charge in [0.05, 0.1) is 37.6 Å². The molecule has 0 aliphatic carbocycles. The number of carbonyl (C=O) groups is 1. The van der Waals surface area contributed by atoms with Gasteiger partial charge in [-0.05, 0) is 55.8 Å². The summed E-state index contributed by atoms with van der Waals surface area (Å²) in [6.07, 6.45) is 0. The van der Waals surface area contributed by atoms with Gasteiger partial charge < -0.3 is 24.1 Å². The first-order valence-corrected chi connectivity index (χ1v) is 11.4. The van der Waals surface area contributed by atoms with Crippen molar-refractivity contribution in [1.29, 1.82) is 0 Å². The summed E-state index contributed by atoms with van der Waals surface area (Å²) in [4.78, 5) is 15.4. The lowest BCUT2D eigenvalue weighted by molar-refractivity contribution is 0.0332. The van der Waals surface area contributed by atoms with Crippen molar-refractivity contribution in [3.8, 4) is 11.5 Å². The van der Waals surface area contributed by atoms with Crippen molar-refractivity contribution in [2.45, 2.75) is 26.5 Å². The lowest BCUT2D eigenvalue weighted by Gasteiger charge is -2.31. The second-order valence-corrected chi connectivity index (χ2v) is 8.33. The molecule has 3 aromatic rings. The molecule has 1 aromatic heterocycles. The van der Waals surface area contributed by atoms with Crippen LogP contribution in [0.5, 0.6) is 11.5 Å². The molecule has 1 amide bonds. The first-order valence-electron chi connectivity index (χ1n) is 11.4. The number of benzene rings is 2. The SMILES string of the molecule is COc1ccc(C(CN2CCOCC2)NC(=O)c2ccc(OCc3c(C)noc3C)cc2)cc1. The largest absolute Gasteiger partial charge is 0.497 e. The van der Waals surface area contributed by atoms with Gasteiger partial charge in [-0.3, -0.25) is 9.69 Å². The van der Waals surface area contributed by atoms with Crippen LogP contribution in [0, 0.1) is 13.8 Å². The van der Waals surface area contributed by atoms with Crippen LogP contribution in [-0.4, -0.2) is 55.9 Å². The topological polar surface area (TPSA) is 86.1 Å². The van der Waals surface area contributed by atoms with Crippen molar-refractivity contribution in [2.75, 3.05) is 40.0 Å². The van der Waals surface area contributed by atoms with Gasteiger partial charge in [-0.25, -0.2) is 0 Å². The molecule has 8 heteroatoms. The number of aromatic nitrogens is 1. The van der Waals surface area contributed by atoms with Crippen molar-refractivity contribution in [2.24, 2.45) is 0 Å². The van der Waals surface area contributed by atoms with Crippen molar-refractivity contribution < 1.29 is 23.5 Å². The molecule has 0 saturated carbocycles. The Morgan fingerprint density at radius 1 is 1.06 bits per heavy atom. The minimum atomic E-state index is -0.160. The van der Waals surface area contributed by atoms with E-state index in [0.717, 1.165) is 41.4 Å². The second kappa shape index (κ2) is 11.2. The number of carbonyl (C=O) groups excluding carboxylic acids is 1. The molecule has 1 atom stereocenters. The molecule has 1 aliphatic rings. The average molecular weight is 466 g/mol. The van der Waals surface area contributed by atoms with E-state index in [-0.39, 0.29) is 11.9 Å². The van der Waals surface area contributed by atoms with E-state index in [0.29, 0.717) is 37.7 Å². The van der Waals surface area contributed by atoms with Gasteiger partial charge in [0, 0.05) is 25.2 Å². The lowest BCUT2D eigenvalue weighted by Crippen LogP contribution is -2.43. The molecule has 2 heterocycles. The van der Waals surface area contributed by atoms with Crippen LogP contribution in [0.15, 0.2) is 53.1 Å². The quantitative estimate of drug-likeness (QED) is 0.516. The number of morpholine rings is 1. The van der Waals surface area contributed by atoms with Gasteiger partial charge in [0.25, 0.3) is 5.91 Å². The Morgan fingerprint density at radius 2 is 1.74 bits per heavy atom. The Kier molecular flexibility index (Phi) is 7.82. The Balaban J connectivity index is 1.42. The zero-order chi connectivity index (χ0) is 23.9. The van der Waals surface area contributed by atoms with E-state index in [1.165, 1.54) is 0 Å². The molecular weight excluding hydrogens is 434 g/mol. The molecule has 1 saturated heterocycles. The smallest absolute Gasteiger partial charge is 0.251 e. The summed E-state index contributed by atoms with van der Waals surface area (Å²) in [5, 5.41) is 7.14. The fraction of sp³-hybridized carbons (Fsp3) is 0.385. The molecule has 180 valence electrons. The number of nitrogens with zero attached hydrogens (tertiary/aromatic N) is 2. The third kappa shape index (κ3) is 5.95. The fourth-order valence-electron chi connectivity index (χ4n) is 3.92. The lowest BCUT2D eigenvalue weighted by atomic mass is 10.0. The summed E-state index contributed by atoms with van der Waals surface area (Å²) >= 11 is 0. The van der Waals surface area contributed by atoms with E-state index in [2.05, 4.69) is 15.4 Å². The van der Waals surface area contributed by atoms with E-state index in [1.807, 2.05) is 38.1 Å². The number of methoxy groups -OCH3 is 1. The molecule has 0 radical (unpaired) electrons. The molecule has 1 unspecified atom stereocenters. The van der Waals surface area contributed by atoms with Crippen molar-refractivity contribution in [3.05, 3.63) is 76.7 Å². The Morgan fingerprint density at radius 3 is 2.35 bits per heavy atom. The van der Waals surface area contributed by atoms with Crippen LogP contribution >= 0.6 is 0 Å². The van der Waals surface area contributed by atoms with E-state index in [9.17, 15) is 4.79 Å². The molecular formula is C26H31N3O5. The van der Waals surface area contributed by atoms with Crippen LogP contribution in [0.2, 0.25) is 0 Å². The maximum atomic E-state index is 13.1. The van der Waals surface area contributed by atoms with Crippen LogP contribution < -0.4 is 14.8 Å². The van der Waals surface area contributed by atoms with E-state index in [4.69, 9.17) is 18.7 Å². The van der Waals surface area contributed by atoms with Crippen LogP contribution in [0.4, 0.5) is 0 Å². The number of aryl methyl sites for hydroxylation is 2. The molecule has 4 rings (SSSR count). The van der Waals surface area contributed by atoms with Crippen molar-refractivity contribution in [3.63, 3.8) is 0 Å². The number of hydrogen-bond acceptors (Lipinski definition) is 7. The van der Waals surface area contributed by atoms with Crippen LogP contribution in [0.3, 0.4) is 0 Å². The minimum Gasteiger partial charge on any atom is -0.497 e. The van der Waals surface area contributed by atoms with Gasteiger partial charge >= 0.3 is 0 Å². The molecule has 34 heavy (non-hydrogen) atoms. The molecule has 8 nitrogen and oxygen atoms in total. The van der Waals surface area contributed by atoms with Crippen LogP contribution in [-0.2, 0) is 11.3 Å². The number of amides is 1. The maximum Gasteiger partial charge on any atom is 0.251 e. The van der Waals surface area contributed by atoms with Gasteiger partial charge in [0.2, 0.25) is 0 Å². The summed E-state index contributed by atoms with van der Waals surface area (Å²) < 4.78 is 21.8. The highest BCUT2D eigenvalue weighted by Crippen LogP contribution is 2.21. The predicted octanol–water partition coefficient (Wildman–Crippen LogP) is 3.68. The number of ether oxygens (including phenoxy) is 3. The highest BCUT2D eigenvalue weighted by Gasteiger charge is 2.21. The number of rotatable bonds is 9. The summed E-state index contributed by atoms with van der Waals surface area (Å²) in [5.74, 6) is 2.08. The highest BCUT2D eigenvalue weighted by atomic mass is 16.5. The summed E-state index contributed by atoms with van der Waals surface area (Å²) in [7, 11) is 1.64. The van der Waals surface area contributed by atoms with E-state index >= 15 is 0 Å². The second-order valence-electron chi connectivity index (χ2n) is 8.33. The molecule has 1 N–H and O–H groups in total. The van der Waals surface area contributed by atoms with Gasteiger partial charge in [0.15, 0.2) is 0 Å². The Labute approximate surface area is 199 Å². The zero-order valence-electron chi connectivity index (χ0n) is 19.9. The predicted molar refractivity (Wildman–Crippen MR) is 127 cm³/mol. The molecule has 1 aliphatic heterocycles. The van der Waals surface area contributed by atoms with Gasteiger partial charge in [-0.2, -0.15) is 0 Å². The van der Waals surface area contributed by atoms with E-state index < -0.39 is 0 Å². The van der Waals surface area contributed by atoms with E-state index in [1.54, 1.807) is 31.4 Å². The molecule has 0 spiro atoms. The zero-order valence-corrected chi connectivity index (χ0v) is 19.9. The minimum absolute atomic E-state index is 0.133. The Bertz CT molecular complexity index is 1050. The standard InChI is InChI=1S/C26H31N3O5/c1-18-24(19(2)34-28-18)17-33-23-10-6-21(7-11-23)26(30)27-25(16-29-12-14-32-15-13-29)20-4-8-22(31-3)9-5-20/h4-11,25H,12-17H2,1-3H3,(H,27,30). The van der Waals surface area contributed by atoms with Gasteiger partial charge in [-0.15, -0.1) is 0 Å².